The van der Waals surface area contributed by atoms with Crippen LogP contribution in [0.3, 0.4) is 0 Å². The second kappa shape index (κ2) is 10.2. The van der Waals surface area contributed by atoms with Crippen LogP contribution in [0.25, 0.3) is 11.0 Å². The Balaban J connectivity index is 1.67. The number of fused-ring (bicyclic) bond motifs is 1. The molecule has 9 nitrogen and oxygen atoms in total. The van der Waals surface area contributed by atoms with Gasteiger partial charge in [-0.1, -0.05) is 29.8 Å². The van der Waals surface area contributed by atoms with E-state index < -0.39 is 29.5 Å². The third kappa shape index (κ3) is 4.46. The van der Waals surface area contributed by atoms with Gasteiger partial charge < -0.3 is 23.7 Å². The van der Waals surface area contributed by atoms with Crippen molar-refractivity contribution in [3.63, 3.8) is 0 Å². The quantitative estimate of drug-likeness (QED) is 0.232. The van der Waals surface area contributed by atoms with Crippen molar-refractivity contribution in [1.29, 1.82) is 0 Å². The Kier molecular flexibility index (Phi) is 6.76. The van der Waals surface area contributed by atoms with Gasteiger partial charge in [-0.25, -0.2) is 4.79 Å². The fourth-order valence-corrected chi connectivity index (χ4v) is 4.83. The van der Waals surface area contributed by atoms with Crippen LogP contribution in [0, 0.1) is 0 Å². The average Bonchev–Trinajstić information content (AvgIpc) is 3.50. The van der Waals surface area contributed by atoms with Gasteiger partial charge in [-0.2, -0.15) is 0 Å². The molecule has 198 valence electrons. The molecule has 1 unspecified atom stereocenters. The molecule has 4 aromatic rings. The molecule has 1 atom stereocenters. The summed E-state index contributed by atoms with van der Waals surface area (Å²) in [6, 6.07) is 16.5. The first-order chi connectivity index (χ1) is 18.8. The zero-order chi connectivity index (χ0) is 27.8. The molecular formula is C29H22ClNO8. The standard InChI is InChI=1S/C29H22ClNO8/c1-36-20-9-5-6-15(12-20)24-23(25(32)21-13-17-10-18(30)14-22(37-2)27(17)39-21)26(33)28(34)31(24)19-8-4-7-16(11-19)29(35)38-3/h4-14,24,33H,1-3H3. The topological polar surface area (TPSA) is 116 Å². The van der Waals surface area contributed by atoms with Gasteiger partial charge in [0.05, 0.1) is 38.5 Å². The van der Waals surface area contributed by atoms with Crippen molar-refractivity contribution in [2.24, 2.45) is 0 Å². The minimum absolute atomic E-state index is 0.127. The van der Waals surface area contributed by atoms with Gasteiger partial charge in [-0.3, -0.25) is 14.5 Å². The van der Waals surface area contributed by atoms with Crippen molar-refractivity contribution in [3.8, 4) is 11.5 Å². The van der Waals surface area contributed by atoms with Gasteiger partial charge >= 0.3 is 5.97 Å². The zero-order valence-corrected chi connectivity index (χ0v) is 21.8. The number of carbonyl (C=O) groups excluding carboxylic acids is 3. The molecule has 0 aliphatic carbocycles. The summed E-state index contributed by atoms with van der Waals surface area (Å²) in [4.78, 5) is 40.9. The molecule has 1 aliphatic rings. The maximum absolute atomic E-state index is 13.9. The Labute approximate surface area is 227 Å². The number of nitrogens with zero attached hydrogens (tertiary/aromatic N) is 1. The molecule has 0 saturated carbocycles. The first-order valence-corrected chi connectivity index (χ1v) is 12.1. The molecule has 1 aromatic heterocycles. The van der Waals surface area contributed by atoms with E-state index in [1.54, 1.807) is 48.5 Å². The summed E-state index contributed by atoms with van der Waals surface area (Å²) in [7, 11) is 4.18. The fourth-order valence-electron chi connectivity index (χ4n) is 4.61. The molecule has 1 aliphatic heterocycles. The molecule has 3 aromatic carbocycles. The Morgan fingerprint density at radius 2 is 1.74 bits per heavy atom. The summed E-state index contributed by atoms with van der Waals surface area (Å²) in [6.45, 7) is 0. The number of amides is 1. The van der Waals surface area contributed by atoms with Gasteiger partial charge in [0.25, 0.3) is 5.91 Å². The Hall–Kier alpha value is -4.76. The molecule has 0 bridgehead atoms. The normalized spacial score (nSPS) is 15.1. The lowest BCUT2D eigenvalue weighted by Crippen LogP contribution is -2.31. The van der Waals surface area contributed by atoms with E-state index in [9.17, 15) is 19.5 Å². The van der Waals surface area contributed by atoms with E-state index in [4.69, 9.17) is 30.2 Å². The first kappa shape index (κ1) is 25.9. The predicted molar refractivity (Wildman–Crippen MR) is 143 cm³/mol. The number of ether oxygens (including phenoxy) is 3. The number of aliphatic hydroxyl groups is 1. The number of halogens is 1. The molecular weight excluding hydrogens is 526 g/mol. The van der Waals surface area contributed by atoms with Crippen molar-refractivity contribution < 1.29 is 38.1 Å². The third-order valence-electron chi connectivity index (χ3n) is 6.40. The van der Waals surface area contributed by atoms with Gasteiger partial charge in [-0.05, 0) is 48.0 Å². The summed E-state index contributed by atoms with van der Waals surface area (Å²) in [6.07, 6.45) is 0. The van der Waals surface area contributed by atoms with Crippen LogP contribution in [-0.4, -0.2) is 44.1 Å². The number of Topliss-reactive ketones (excluding diaryl/α,β-unsaturated/α-hetero) is 1. The van der Waals surface area contributed by atoms with Gasteiger partial charge in [0.15, 0.2) is 22.9 Å². The highest BCUT2D eigenvalue weighted by Crippen LogP contribution is 2.43. The molecule has 1 N–H and O–H groups in total. The lowest BCUT2D eigenvalue weighted by molar-refractivity contribution is -0.117. The summed E-state index contributed by atoms with van der Waals surface area (Å²) < 4.78 is 21.3. The predicted octanol–water partition coefficient (Wildman–Crippen LogP) is 5.67. The number of aliphatic hydroxyl groups excluding tert-OH is 1. The number of ketones is 1. The number of carbonyl (C=O) groups is 3. The lowest BCUT2D eigenvalue weighted by Gasteiger charge is -2.27. The second-order valence-electron chi connectivity index (χ2n) is 8.62. The minimum atomic E-state index is -1.08. The fraction of sp³-hybridized carbons (Fsp3) is 0.138. The maximum Gasteiger partial charge on any atom is 0.337 e. The molecule has 1 amide bonds. The smallest absolute Gasteiger partial charge is 0.337 e. The van der Waals surface area contributed by atoms with Crippen molar-refractivity contribution in [2.45, 2.75) is 6.04 Å². The van der Waals surface area contributed by atoms with Crippen molar-refractivity contribution in [3.05, 3.63) is 100.0 Å². The van der Waals surface area contributed by atoms with Gasteiger partial charge in [0.1, 0.15) is 5.75 Å². The number of furan rings is 1. The highest BCUT2D eigenvalue weighted by molar-refractivity contribution is 6.31. The monoisotopic (exact) mass is 547 g/mol. The highest BCUT2D eigenvalue weighted by Gasteiger charge is 2.45. The molecule has 0 radical (unpaired) electrons. The Morgan fingerprint density at radius 3 is 2.46 bits per heavy atom. The Bertz CT molecular complexity index is 1670. The molecule has 0 saturated heterocycles. The molecule has 39 heavy (non-hydrogen) atoms. The Morgan fingerprint density at radius 1 is 0.974 bits per heavy atom. The third-order valence-corrected chi connectivity index (χ3v) is 6.62. The van der Waals surface area contributed by atoms with E-state index >= 15 is 0 Å². The summed E-state index contributed by atoms with van der Waals surface area (Å²) >= 11 is 6.17. The van der Waals surface area contributed by atoms with Gasteiger partial charge in [0.2, 0.25) is 5.78 Å². The summed E-state index contributed by atoms with van der Waals surface area (Å²) in [5.74, 6) is -2.23. The van der Waals surface area contributed by atoms with Crippen LogP contribution in [-0.2, 0) is 9.53 Å². The van der Waals surface area contributed by atoms with Crippen molar-refractivity contribution >= 4 is 45.9 Å². The molecule has 5 rings (SSSR count). The summed E-state index contributed by atoms with van der Waals surface area (Å²) in [5, 5.41) is 12.0. The minimum Gasteiger partial charge on any atom is -0.503 e. The highest BCUT2D eigenvalue weighted by atomic mass is 35.5. The lowest BCUT2D eigenvalue weighted by atomic mass is 9.94. The number of hydrogen-bond donors (Lipinski definition) is 1. The average molecular weight is 548 g/mol. The number of methoxy groups -OCH3 is 3. The van der Waals surface area contributed by atoms with E-state index in [2.05, 4.69) is 0 Å². The van der Waals surface area contributed by atoms with E-state index in [-0.39, 0.29) is 28.2 Å². The van der Waals surface area contributed by atoms with Crippen LogP contribution < -0.4 is 14.4 Å². The first-order valence-electron chi connectivity index (χ1n) is 11.7. The van der Waals surface area contributed by atoms with E-state index in [0.717, 1.165) is 0 Å². The van der Waals surface area contributed by atoms with Crippen molar-refractivity contribution in [2.75, 3.05) is 26.2 Å². The summed E-state index contributed by atoms with van der Waals surface area (Å²) in [5.41, 5.74) is 1.02. The van der Waals surface area contributed by atoms with Crippen molar-refractivity contribution in [1.82, 2.24) is 0 Å². The SMILES string of the molecule is COC(=O)c1cccc(N2C(=O)C(O)=C(C(=O)c3cc4cc(Cl)cc(OC)c4o3)C2c2cccc(OC)c2)c1. The molecule has 0 spiro atoms. The van der Waals surface area contributed by atoms with Crippen LogP contribution in [0.4, 0.5) is 5.69 Å². The molecule has 10 heteroatoms. The molecule has 2 heterocycles. The zero-order valence-electron chi connectivity index (χ0n) is 21.1. The van der Waals surface area contributed by atoms with Gasteiger partial charge in [-0.15, -0.1) is 0 Å². The van der Waals surface area contributed by atoms with E-state index in [0.29, 0.717) is 27.5 Å². The number of esters is 1. The number of benzene rings is 3. The van der Waals surface area contributed by atoms with E-state index in [1.165, 1.54) is 44.4 Å². The number of hydrogen-bond acceptors (Lipinski definition) is 8. The largest absolute Gasteiger partial charge is 0.503 e. The number of rotatable bonds is 7. The van der Waals surface area contributed by atoms with Crippen LogP contribution in [0.2, 0.25) is 5.02 Å². The maximum atomic E-state index is 13.9. The van der Waals surface area contributed by atoms with Crippen LogP contribution in [0.1, 0.15) is 32.5 Å². The van der Waals surface area contributed by atoms with Crippen LogP contribution >= 0.6 is 11.6 Å². The van der Waals surface area contributed by atoms with Crippen LogP contribution in [0.15, 0.2) is 82.5 Å². The number of anilines is 1. The molecule has 0 fully saturated rings. The van der Waals surface area contributed by atoms with E-state index in [1.807, 2.05) is 0 Å². The van der Waals surface area contributed by atoms with Gasteiger partial charge in [0, 0.05) is 22.2 Å². The second-order valence-corrected chi connectivity index (χ2v) is 9.06. The van der Waals surface area contributed by atoms with Crippen LogP contribution in [0.5, 0.6) is 11.5 Å².